The molecule has 3 aromatic carbocycles. The highest BCUT2D eigenvalue weighted by Gasteiger charge is 2.46. The number of rotatable bonds is 5. The summed E-state index contributed by atoms with van der Waals surface area (Å²) in [5.74, 6) is -0.940. The number of aromatic nitrogens is 1. The molecule has 1 atom stereocenters. The molecule has 0 bridgehead atoms. The molecule has 1 N–H and O–H groups in total. The van der Waals surface area contributed by atoms with E-state index in [2.05, 4.69) is 4.98 Å². The zero-order chi connectivity index (χ0) is 23.7. The third kappa shape index (κ3) is 3.79. The molecule has 1 saturated heterocycles. The topological polar surface area (TPSA) is 79.7 Å². The van der Waals surface area contributed by atoms with E-state index < -0.39 is 17.7 Å². The molecule has 0 spiro atoms. The van der Waals surface area contributed by atoms with Crippen LogP contribution in [0.3, 0.4) is 0 Å². The predicted molar refractivity (Wildman–Crippen MR) is 129 cm³/mol. The zero-order valence-electron chi connectivity index (χ0n) is 18.5. The maximum atomic E-state index is 13.2. The summed E-state index contributed by atoms with van der Waals surface area (Å²) in [5.41, 5.74) is 1.88. The van der Waals surface area contributed by atoms with E-state index in [9.17, 15) is 14.7 Å². The fourth-order valence-corrected chi connectivity index (χ4v) is 4.33. The Morgan fingerprint density at radius 2 is 1.68 bits per heavy atom. The third-order valence-electron chi connectivity index (χ3n) is 6.05. The van der Waals surface area contributed by atoms with Gasteiger partial charge in [0.15, 0.2) is 0 Å². The number of benzene rings is 3. The molecule has 168 valence electrons. The molecular formula is C28H22N2O4. The average Bonchev–Trinajstić information content (AvgIpc) is 3.13. The van der Waals surface area contributed by atoms with E-state index in [1.807, 2.05) is 42.5 Å². The number of ether oxygens (including phenoxy) is 1. The van der Waals surface area contributed by atoms with Gasteiger partial charge in [0.05, 0.1) is 31.0 Å². The first kappa shape index (κ1) is 21.4. The molecule has 1 aliphatic rings. The second-order valence-electron chi connectivity index (χ2n) is 8.08. The number of aliphatic hydroxyl groups is 1. The molecule has 4 aromatic rings. The molecule has 0 saturated carbocycles. The molecule has 6 nitrogen and oxygen atoms in total. The lowest BCUT2D eigenvalue weighted by Gasteiger charge is -2.25. The highest BCUT2D eigenvalue weighted by molar-refractivity contribution is 6.46. The van der Waals surface area contributed by atoms with Gasteiger partial charge >= 0.3 is 0 Å². The Bertz CT molecular complexity index is 1410. The molecule has 1 aromatic heterocycles. The van der Waals surface area contributed by atoms with E-state index in [-0.39, 0.29) is 17.9 Å². The summed E-state index contributed by atoms with van der Waals surface area (Å²) in [6, 6.07) is 25.0. The molecule has 34 heavy (non-hydrogen) atoms. The number of amides is 1. The summed E-state index contributed by atoms with van der Waals surface area (Å²) < 4.78 is 5.26. The Morgan fingerprint density at radius 3 is 2.38 bits per heavy atom. The van der Waals surface area contributed by atoms with Gasteiger partial charge in [-0.05, 0) is 46.7 Å². The Hall–Kier alpha value is -4.45. The van der Waals surface area contributed by atoms with Crippen LogP contribution in [-0.4, -0.2) is 33.8 Å². The molecule has 2 heterocycles. The largest absolute Gasteiger partial charge is 0.507 e. The van der Waals surface area contributed by atoms with E-state index in [4.69, 9.17) is 4.74 Å². The minimum absolute atomic E-state index is 0.0568. The van der Waals surface area contributed by atoms with Crippen molar-refractivity contribution in [1.82, 2.24) is 9.88 Å². The smallest absolute Gasteiger partial charge is 0.296 e. The summed E-state index contributed by atoms with van der Waals surface area (Å²) in [7, 11) is 1.57. The molecule has 1 aliphatic heterocycles. The summed E-state index contributed by atoms with van der Waals surface area (Å²) >= 11 is 0. The maximum Gasteiger partial charge on any atom is 0.296 e. The first-order valence-electron chi connectivity index (χ1n) is 10.9. The average molecular weight is 450 g/mol. The van der Waals surface area contributed by atoms with Crippen molar-refractivity contribution < 1.29 is 19.4 Å². The van der Waals surface area contributed by atoms with Gasteiger partial charge in [-0.1, -0.05) is 54.6 Å². The van der Waals surface area contributed by atoms with Crippen LogP contribution in [0, 0.1) is 0 Å². The van der Waals surface area contributed by atoms with Gasteiger partial charge in [-0.15, -0.1) is 0 Å². The number of aliphatic hydroxyl groups excluding tert-OH is 1. The fourth-order valence-electron chi connectivity index (χ4n) is 4.33. The monoisotopic (exact) mass is 450 g/mol. The first-order chi connectivity index (χ1) is 16.6. The normalized spacial score (nSPS) is 17.3. The molecule has 5 rings (SSSR count). The van der Waals surface area contributed by atoms with Gasteiger partial charge in [0.2, 0.25) is 0 Å². The molecule has 1 amide bonds. The fraction of sp³-hybridized carbons (Fsp3) is 0.107. The number of hydrogen-bond acceptors (Lipinski definition) is 5. The van der Waals surface area contributed by atoms with Crippen molar-refractivity contribution in [2.24, 2.45) is 0 Å². The Kier molecular flexibility index (Phi) is 5.55. The molecule has 1 unspecified atom stereocenters. The van der Waals surface area contributed by atoms with E-state index in [1.165, 1.54) is 4.90 Å². The molecular weight excluding hydrogens is 428 g/mol. The van der Waals surface area contributed by atoms with Gasteiger partial charge in [-0.25, -0.2) is 0 Å². The van der Waals surface area contributed by atoms with Gasteiger partial charge in [-0.3, -0.25) is 14.6 Å². The Balaban J connectivity index is 1.65. The first-order valence-corrected chi connectivity index (χ1v) is 10.9. The van der Waals surface area contributed by atoms with Crippen molar-refractivity contribution >= 4 is 28.2 Å². The number of fused-ring (bicyclic) bond motifs is 1. The maximum absolute atomic E-state index is 13.2. The van der Waals surface area contributed by atoms with E-state index >= 15 is 0 Å². The number of carbonyl (C=O) groups excluding carboxylic acids is 2. The van der Waals surface area contributed by atoms with Crippen LogP contribution in [0.4, 0.5) is 0 Å². The molecule has 0 aliphatic carbocycles. The van der Waals surface area contributed by atoms with Gasteiger partial charge in [0, 0.05) is 11.8 Å². The predicted octanol–water partition coefficient (Wildman–Crippen LogP) is 4.87. The standard InChI is InChI=1S/C28H22N2O4/c1-34-23-13-11-19(12-14-23)25-24(26(31)21-10-9-18-6-2-3-7-20(18)16-21)27(32)28(33)30(25)17-22-8-4-5-15-29-22/h2-16,25,31H,17H2,1H3/b26-24-. The van der Waals surface area contributed by atoms with Crippen LogP contribution in [-0.2, 0) is 16.1 Å². The Labute approximate surface area is 196 Å². The van der Waals surface area contributed by atoms with Crippen LogP contribution in [0.15, 0.2) is 96.7 Å². The minimum atomic E-state index is -0.764. The second kappa shape index (κ2) is 8.83. The second-order valence-corrected chi connectivity index (χ2v) is 8.08. The van der Waals surface area contributed by atoms with E-state index in [1.54, 1.807) is 55.8 Å². The number of methoxy groups -OCH3 is 1. The molecule has 0 radical (unpaired) electrons. The van der Waals surface area contributed by atoms with Crippen LogP contribution in [0.2, 0.25) is 0 Å². The lowest BCUT2D eigenvalue weighted by molar-refractivity contribution is -0.140. The number of ketones is 1. The summed E-state index contributed by atoms with van der Waals surface area (Å²) in [5, 5.41) is 13.3. The highest BCUT2D eigenvalue weighted by atomic mass is 16.5. The number of Topliss-reactive ketones (excluding diaryl/α,β-unsaturated/α-hetero) is 1. The summed E-state index contributed by atoms with van der Waals surface area (Å²) in [4.78, 5) is 32.2. The van der Waals surface area contributed by atoms with Crippen LogP contribution in [0.25, 0.3) is 16.5 Å². The quantitative estimate of drug-likeness (QED) is 0.267. The van der Waals surface area contributed by atoms with Crippen molar-refractivity contribution in [1.29, 1.82) is 0 Å². The SMILES string of the molecule is COc1ccc(C2/C(=C(/O)c3ccc4ccccc4c3)C(=O)C(=O)N2Cc2ccccn2)cc1. The van der Waals surface area contributed by atoms with Crippen molar-refractivity contribution in [3.05, 3.63) is 114 Å². The van der Waals surface area contributed by atoms with Crippen LogP contribution >= 0.6 is 0 Å². The lowest BCUT2D eigenvalue weighted by atomic mass is 9.94. The van der Waals surface area contributed by atoms with Gasteiger partial charge in [0.1, 0.15) is 11.5 Å². The van der Waals surface area contributed by atoms with Gasteiger partial charge in [0.25, 0.3) is 11.7 Å². The minimum Gasteiger partial charge on any atom is -0.507 e. The van der Waals surface area contributed by atoms with E-state index in [0.29, 0.717) is 22.6 Å². The lowest BCUT2D eigenvalue weighted by Crippen LogP contribution is -2.29. The highest BCUT2D eigenvalue weighted by Crippen LogP contribution is 2.40. The van der Waals surface area contributed by atoms with E-state index in [0.717, 1.165) is 10.8 Å². The number of carbonyl (C=O) groups is 2. The number of hydrogen-bond donors (Lipinski definition) is 1. The van der Waals surface area contributed by atoms with Crippen LogP contribution in [0.1, 0.15) is 22.9 Å². The Morgan fingerprint density at radius 1 is 0.941 bits per heavy atom. The van der Waals surface area contributed by atoms with Gasteiger partial charge in [-0.2, -0.15) is 0 Å². The van der Waals surface area contributed by atoms with Crippen molar-refractivity contribution in [2.75, 3.05) is 7.11 Å². The number of nitrogens with zero attached hydrogens (tertiary/aromatic N) is 2. The summed E-state index contributed by atoms with van der Waals surface area (Å²) in [6.07, 6.45) is 1.64. The number of pyridine rings is 1. The van der Waals surface area contributed by atoms with Crippen molar-refractivity contribution in [3.63, 3.8) is 0 Å². The number of likely N-dealkylation sites (tertiary alicyclic amines) is 1. The molecule has 6 heteroatoms. The molecule has 1 fully saturated rings. The van der Waals surface area contributed by atoms with Crippen molar-refractivity contribution in [3.8, 4) is 5.75 Å². The third-order valence-corrected chi connectivity index (χ3v) is 6.05. The van der Waals surface area contributed by atoms with Crippen LogP contribution < -0.4 is 4.74 Å². The summed E-state index contributed by atoms with van der Waals surface area (Å²) in [6.45, 7) is 0.136. The zero-order valence-corrected chi connectivity index (χ0v) is 18.5. The van der Waals surface area contributed by atoms with Gasteiger partial charge < -0.3 is 14.7 Å². The van der Waals surface area contributed by atoms with Crippen molar-refractivity contribution in [2.45, 2.75) is 12.6 Å². The van der Waals surface area contributed by atoms with Crippen LogP contribution in [0.5, 0.6) is 5.75 Å².